The summed E-state index contributed by atoms with van der Waals surface area (Å²) < 4.78 is 5.37. The first kappa shape index (κ1) is 12.5. The fraction of sp³-hybridized carbons (Fsp3) is 0.909. The second-order valence-electron chi connectivity index (χ2n) is 4.72. The summed E-state index contributed by atoms with van der Waals surface area (Å²) in [6.45, 7) is 6.83. The topological polar surface area (TPSA) is 64.4 Å². The second kappa shape index (κ2) is 5.47. The molecule has 0 aromatic rings. The molecule has 0 radical (unpaired) electrons. The van der Waals surface area contributed by atoms with E-state index in [9.17, 15) is 4.79 Å². The molecule has 0 bridgehead atoms. The summed E-state index contributed by atoms with van der Waals surface area (Å²) >= 11 is 0. The van der Waals surface area contributed by atoms with Gasteiger partial charge in [0, 0.05) is 6.61 Å². The zero-order chi connectivity index (χ0) is 11.4. The van der Waals surface area contributed by atoms with Crippen LogP contribution in [0, 0.1) is 5.92 Å². The Morgan fingerprint density at radius 1 is 1.60 bits per heavy atom. The molecule has 0 saturated carbocycles. The van der Waals surface area contributed by atoms with Gasteiger partial charge in [-0.25, -0.2) is 0 Å². The molecular weight excluding hydrogens is 192 g/mol. The van der Waals surface area contributed by atoms with Gasteiger partial charge in [-0.15, -0.1) is 0 Å². The highest BCUT2D eigenvalue weighted by atomic mass is 16.5. The number of hydrogen-bond acceptors (Lipinski definition) is 3. The molecule has 0 aromatic carbocycles. The van der Waals surface area contributed by atoms with E-state index in [1.54, 1.807) is 0 Å². The molecule has 1 aliphatic rings. The lowest BCUT2D eigenvalue weighted by molar-refractivity contribution is -0.123. The normalized spacial score (nSPS) is 28.1. The van der Waals surface area contributed by atoms with Crippen molar-refractivity contribution in [1.82, 2.24) is 5.32 Å². The average molecular weight is 214 g/mol. The number of ether oxygens (including phenoxy) is 1. The van der Waals surface area contributed by atoms with Crippen LogP contribution in [0.1, 0.15) is 33.6 Å². The molecule has 15 heavy (non-hydrogen) atoms. The minimum atomic E-state index is -0.391. The molecule has 1 fully saturated rings. The average Bonchev–Trinajstić information content (AvgIpc) is 2.50. The molecule has 4 nitrogen and oxygen atoms in total. The van der Waals surface area contributed by atoms with Crippen LogP contribution < -0.4 is 11.1 Å². The van der Waals surface area contributed by atoms with Gasteiger partial charge in [-0.3, -0.25) is 4.79 Å². The monoisotopic (exact) mass is 214 g/mol. The van der Waals surface area contributed by atoms with Gasteiger partial charge < -0.3 is 15.8 Å². The summed E-state index contributed by atoms with van der Waals surface area (Å²) in [5, 5.41) is 2.94. The first-order valence-corrected chi connectivity index (χ1v) is 5.68. The SMILES string of the molecule is CC(C)C[C@H](N)C(=O)NC1CCOC1C. The van der Waals surface area contributed by atoms with Crippen molar-refractivity contribution in [2.45, 2.75) is 51.8 Å². The van der Waals surface area contributed by atoms with E-state index in [4.69, 9.17) is 10.5 Å². The Labute approximate surface area is 91.5 Å². The van der Waals surface area contributed by atoms with Crippen LogP contribution in [-0.4, -0.2) is 30.7 Å². The Bertz CT molecular complexity index is 219. The summed E-state index contributed by atoms with van der Waals surface area (Å²) in [7, 11) is 0. The second-order valence-corrected chi connectivity index (χ2v) is 4.72. The van der Waals surface area contributed by atoms with E-state index in [2.05, 4.69) is 19.2 Å². The molecule has 88 valence electrons. The minimum Gasteiger partial charge on any atom is -0.376 e. The predicted octanol–water partition coefficient (Wildman–Crippen LogP) is 0.653. The van der Waals surface area contributed by atoms with Crippen molar-refractivity contribution >= 4 is 5.91 Å². The lowest BCUT2D eigenvalue weighted by Crippen LogP contribution is -2.48. The third-order valence-electron chi connectivity index (χ3n) is 2.77. The number of carbonyl (C=O) groups excluding carboxylic acids is 1. The molecule has 0 aliphatic carbocycles. The van der Waals surface area contributed by atoms with Crippen LogP contribution >= 0.6 is 0 Å². The zero-order valence-electron chi connectivity index (χ0n) is 9.82. The number of carbonyl (C=O) groups is 1. The number of nitrogens with two attached hydrogens (primary N) is 1. The van der Waals surface area contributed by atoms with Crippen molar-refractivity contribution in [1.29, 1.82) is 0 Å². The first-order chi connectivity index (χ1) is 7.00. The van der Waals surface area contributed by atoms with Crippen LogP contribution in [0.25, 0.3) is 0 Å². The Hall–Kier alpha value is -0.610. The van der Waals surface area contributed by atoms with E-state index >= 15 is 0 Å². The van der Waals surface area contributed by atoms with Gasteiger partial charge >= 0.3 is 0 Å². The van der Waals surface area contributed by atoms with Crippen LogP contribution in [0.2, 0.25) is 0 Å². The minimum absolute atomic E-state index is 0.0500. The van der Waals surface area contributed by atoms with E-state index in [1.165, 1.54) is 0 Å². The highest BCUT2D eigenvalue weighted by Crippen LogP contribution is 2.13. The fourth-order valence-corrected chi connectivity index (χ4v) is 1.83. The number of nitrogens with one attached hydrogen (secondary N) is 1. The Balaban J connectivity index is 2.34. The maximum absolute atomic E-state index is 11.7. The van der Waals surface area contributed by atoms with Crippen molar-refractivity contribution < 1.29 is 9.53 Å². The molecule has 2 unspecified atom stereocenters. The maximum atomic E-state index is 11.7. The van der Waals surface area contributed by atoms with E-state index in [1.807, 2.05) is 6.92 Å². The van der Waals surface area contributed by atoms with Gasteiger partial charge in [-0.2, -0.15) is 0 Å². The number of hydrogen-bond donors (Lipinski definition) is 2. The fourth-order valence-electron chi connectivity index (χ4n) is 1.83. The summed E-state index contributed by atoms with van der Waals surface area (Å²) in [5.74, 6) is 0.397. The van der Waals surface area contributed by atoms with Gasteiger partial charge in [0.05, 0.1) is 18.2 Å². The zero-order valence-corrected chi connectivity index (χ0v) is 9.82. The van der Waals surface area contributed by atoms with Crippen molar-refractivity contribution in [3.8, 4) is 0 Å². The molecule has 0 aromatic heterocycles. The number of amides is 1. The lowest BCUT2D eigenvalue weighted by atomic mass is 10.0. The van der Waals surface area contributed by atoms with Gasteiger partial charge in [-0.1, -0.05) is 13.8 Å². The van der Waals surface area contributed by atoms with Gasteiger partial charge in [0.1, 0.15) is 0 Å². The van der Waals surface area contributed by atoms with Gasteiger partial charge in [0.25, 0.3) is 0 Å². The Morgan fingerprint density at radius 2 is 2.27 bits per heavy atom. The van der Waals surface area contributed by atoms with Gasteiger partial charge in [0.2, 0.25) is 5.91 Å². The molecule has 1 amide bonds. The van der Waals surface area contributed by atoms with Crippen molar-refractivity contribution in [3.05, 3.63) is 0 Å². The number of rotatable bonds is 4. The summed E-state index contributed by atoms with van der Waals surface area (Å²) in [6, 6.07) is -0.256. The lowest BCUT2D eigenvalue weighted by Gasteiger charge is -2.20. The first-order valence-electron chi connectivity index (χ1n) is 5.68. The van der Waals surface area contributed by atoms with Gasteiger partial charge in [-0.05, 0) is 25.7 Å². The molecule has 0 spiro atoms. The quantitative estimate of drug-likeness (QED) is 0.722. The van der Waals surface area contributed by atoms with Gasteiger partial charge in [0.15, 0.2) is 0 Å². The third-order valence-corrected chi connectivity index (χ3v) is 2.77. The Morgan fingerprint density at radius 3 is 2.73 bits per heavy atom. The summed E-state index contributed by atoms with van der Waals surface area (Å²) in [4.78, 5) is 11.7. The van der Waals surface area contributed by atoms with Crippen LogP contribution in [0.15, 0.2) is 0 Å². The third kappa shape index (κ3) is 3.80. The van der Waals surface area contributed by atoms with Crippen molar-refractivity contribution in [2.24, 2.45) is 11.7 Å². The van der Waals surface area contributed by atoms with Crippen LogP contribution in [0.5, 0.6) is 0 Å². The van der Waals surface area contributed by atoms with E-state index in [0.717, 1.165) is 19.4 Å². The smallest absolute Gasteiger partial charge is 0.237 e. The molecule has 3 atom stereocenters. The molecule has 1 aliphatic heterocycles. The van der Waals surface area contributed by atoms with Crippen molar-refractivity contribution in [2.75, 3.05) is 6.61 Å². The predicted molar refractivity (Wildman–Crippen MR) is 59.4 cm³/mol. The molecule has 1 rings (SSSR count). The largest absolute Gasteiger partial charge is 0.376 e. The maximum Gasteiger partial charge on any atom is 0.237 e. The van der Waals surface area contributed by atoms with Crippen molar-refractivity contribution in [3.63, 3.8) is 0 Å². The highest BCUT2D eigenvalue weighted by molar-refractivity contribution is 5.81. The van der Waals surface area contributed by atoms with E-state index in [-0.39, 0.29) is 18.1 Å². The summed E-state index contributed by atoms with van der Waals surface area (Å²) in [6.07, 6.45) is 1.73. The standard InChI is InChI=1S/C11H22N2O2/c1-7(2)6-9(12)11(14)13-10-4-5-15-8(10)3/h7-10H,4-6,12H2,1-3H3,(H,13,14)/t8?,9-,10?/m0/s1. The molecule has 4 heteroatoms. The van der Waals surface area contributed by atoms with Crippen LogP contribution in [0.4, 0.5) is 0 Å². The molecule has 1 saturated heterocycles. The molecule has 1 heterocycles. The van der Waals surface area contributed by atoms with Crippen LogP contribution in [0.3, 0.4) is 0 Å². The Kier molecular flexibility index (Phi) is 4.54. The van der Waals surface area contributed by atoms with E-state index < -0.39 is 6.04 Å². The molecular formula is C11H22N2O2. The summed E-state index contributed by atoms with van der Waals surface area (Å²) in [5.41, 5.74) is 5.79. The van der Waals surface area contributed by atoms with E-state index in [0.29, 0.717) is 5.92 Å². The van der Waals surface area contributed by atoms with Crippen LogP contribution in [-0.2, 0) is 9.53 Å². The highest BCUT2D eigenvalue weighted by Gasteiger charge is 2.27. The molecule has 3 N–H and O–H groups in total.